The van der Waals surface area contributed by atoms with E-state index in [4.69, 9.17) is 5.11 Å². The van der Waals surface area contributed by atoms with Crippen LogP contribution < -0.4 is 5.32 Å². The number of rotatable bonds is 7. The van der Waals surface area contributed by atoms with E-state index in [0.717, 1.165) is 45.1 Å². The summed E-state index contributed by atoms with van der Waals surface area (Å²) in [6, 6.07) is 8.92. The topological polar surface area (TPSA) is 35.5 Å². The molecule has 3 heteroatoms. The summed E-state index contributed by atoms with van der Waals surface area (Å²) < 4.78 is 0. The number of likely N-dealkylation sites (tertiary alicyclic amines) is 1. The van der Waals surface area contributed by atoms with E-state index in [9.17, 15) is 0 Å². The highest BCUT2D eigenvalue weighted by atomic mass is 16.3. The van der Waals surface area contributed by atoms with Gasteiger partial charge in [-0.2, -0.15) is 0 Å². The quantitative estimate of drug-likeness (QED) is 0.800. The summed E-state index contributed by atoms with van der Waals surface area (Å²) in [5.74, 6) is 0.792. The van der Waals surface area contributed by atoms with Crippen LogP contribution in [0.1, 0.15) is 30.9 Å². The second kappa shape index (κ2) is 8.40. The van der Waals surface area contributed by atoms with Gasteiger partial charge in [-0.05, 0) is 55.9 Å². The lowest BCUT2D eigenvalue weighted by Crippen LogP contribution is -2.38. The summed E-state index contributed by atoms with van der Waals surface area (Å²) in [6.45, 7) is 7.68. The Morgan fingerprint density at radius 1 is 1.15 bits per heavy atom. The van der Waals surface area contributed by atoms with Crippen LogP contribution in [0, 0.1) is 5.92 Å². The van der Waals surface area contributed by atoms with Crippen LogP contribution in [0.4, 0.5) is 0 Å². The van der Waals surface area contributed by atoms with Crippen LogP contribution in [0.5, 0.6) is 0 Å². The standard InChI is InChI=1S/C17H28N2O/c1-2-15-3-5-16(6-4-15)13-18-14-17-7-9-19(10-8-17)11-12-20/h3-6,17-18,20H,2,7-14H2,1H3. The molecular weight excluding hydrogens is 248 g/mol. The van der Waals surface area contributed by atoms with E-state index in [1.807, 2.05) is 0 Å². The Kier molecular flexibility index (Phi) is 6.51. The third-order valence-corrected chi connectivity index (χ3v) is 4.32. The average molecular weight is 276 g/mol. The van der Waals surface area contributed by atoms with E-state index in [1.54, 1.807) is 0 Å². The number of hydrogen-bond donors (Lipinski definition) is 2. The molecule has 0 amide bonds. The summed E-state index contributed by atoms with van der Waals surface area (Å²) in [5.41, 5.74) is 2.78. The fourth-order valence-electron chi connectivity index (χ4n) is 2.87. The molecule has 0 aromatic heterocycles. The van der Waals surface area contributed by atoms with Gasteiger partial charge in [0.25, 0.3) is 0 Å². The third kappa shape index (κ3) is 4.89. The number of benzene rings is 1. The van der Waals surface area contributed by atoms with Crippen molar-refractivity contribution < 1.29 is 5.11 Å². The van der Waals surface area contributed by atoms with Crippen LogP contribution in [0.3, 0.4) is 0 Å². The molecule has 2 N–H and O–H groups in total. The van der Waals surface area contributed by atoms with Gasteiger partial charge in [0.2, 0.25) is 0 Å². The van der Waals surface area contributed by atoms with Crippen LogP contribution >= 0.6 is 0 Å². The molecule has 1 saturated heterocycles. The van der Waals surface area contributed by atoms with Gasteiger partial charge in [-0.1, -0.05) is 31.2 Å². The molecule has 1 aromatic rings. The van der Waals surface area contributed by atoms with Crippen LogP contribution in [-0.2, 0) is 13.0 Å². The Bertz CT molecular complexity index is 369. The summed E-state index contributed by atoms with van der Waals surface area (Å²) in [5, 5.41) is 12.5. The molecule has 0 saturated carbocycles. The lowest BCUT2D eigenvalue weighted by molar-refractivity contribution is 0.146. The Labute approximate surface area is 123 Å². The van der Waals surface area contributed by atoms with Crippen molar-refractivity contribution in [2.45, 2.75) is 32.7 Å². The molecule has 1 heterocycles. The molecule has 0 spiro atoms. The normalized spacial score (nSPS) is 17.5. The highest BCUT2D eigenvalue weighted by Crippen LogP contribution is 2.16. The van der Waals surface area contributed by atoms with E-state index in [2.05, 4.69) is 41.4 Å². The Morgan fingerprint density at radius 2 is 1.80 bits per heavy atom. The van der Waals surface area contributed by atoms with Crippen molar-refractivity contribution in [3.8, 4) is 0 Å². The fraction of sp³-hybridized carbons (Fsp3) is 0.647. The van der Waals surface area contributed by atoms with Crippen molar-refractivity contribution in [1.29, 1.82) is 0 Å². The first-order chi connectivity index (χ1) is 9.81. The van der Waals surface area contributed by atoms with Crippen molar-refractivity contribution in [3.05, 3.63) is 35.4 Å². The molecule has 1 aliphatic heterocycles. The Hall–Kier alpha value is -0.900. The van der Waals surface area contributed by atoms with Crippen molar-refractivity contribution in [2.24, 2.45) is 5.92 Å². The second-order valence-corrected chi connectivity index (χ2v) is 5.81. The van der Waals surface area contributed by atoms with Gasteiger partial charge in [-0.3, -0.25) is 0 Å². The first-order valence-corrected chi connectivity index (χ1v) is 7.93. The van der Waals surface area contributed by atoms with Gasteiger partial charge >= 0.3 is 0 Å². The van der Waals surface area contributed by atoms with Gasteiger partial charge in [-0.15, -0.1) is 0 Å². The van der Waals surface area contributed by atoms with Crippen molar-refractivity contribution in [2.75, 3.05) is 32.8 Å². The lowest BCUT2D eigenvalue weighted by Gasteiger charge is -2.31. The number of aryl methyl sites for hydroxylation is 1. The van der Waals surface area contributed by atoms with Gasteiger partial charge in [0, 0.05) is 13.1 Å². The highest BCUT2D eigenvalue weighted by Gasteiger charge is 2.18. The highest BCUT2D eigenvalue weighted by molar-refractivity contribution is 5.22. The number of aliphatic hydroxyl groups is 1. The minimum atomic E-state index is 0.288. The van der Waals surface area contributed by atoms with Gasteiger partial charge < -0.3 is 15.3 Å². The zero-order chi connectivity index (χ0) is 14.2. The summed E-state index contributed by atoms with van der Waals surface area (Å²) in [7, 11) is 0. The molecule has 1 aliphatic rings. The molecule has 3 nitrogen and oxygen atoms in total. The number of nitrogens with zero attached hydrogens (tertiary/aromatic N) is 1. The molecule has 0 atom stereocenters. The van der Waals surface area contributed by atoms with Gasteiger partial charge in [0.1, 0.15) is 0 Å². The number of aliphatic hydroxyl groups excluding tert-OH is 1. The van der Waals surface area contributed by atoms with E-state index in [0.29, 0.717) is 0 Å². The minimum Gasteiger partial charge on any atom is -0.395 e. The molecule has 1 aromatic carbocycles. The molecular formula is C17H28N2O. The molecule has 2 rings (SSSR count). The first-order valence-electron chi connectivity index (χ1n) is 7.93. The number of nitrogens with one attached hydrogen (secondary N) is 1. The maximum Gasteiger partial charge on any atom is 0.0558 e. The van der Waals surface area contributed by atoms with E-state index < -0.39 is 0 Å². The lowest BCUT2D eigenvalue weighted by atomic mass is 9.96. The minimum absolute atomic E-state index is 0.288. The molecule has 0 aliphatic carbocycles. The van der Waals surface area contributed by atoms with Gasteiger partial charge in [-0.25, -0.2) is 0 Å². The van der Waals surface area contributed by atoms with Crippen molar-refractivity contribution >= 4 is 0 Å². The maximum absolute atomic E-state index is 8.94. The Balaban J connectivity index is 1.63. The van der Waals surface area contributed by atoms with Gasteiger partial charge in [0.15, 0.2) is 0 Å². The van der Waals surface area contributed by atoms with E-state index in [-0.39, 0.29) is 6.61 Å². The van der Waals surface area contributed by atoms with E-state index >= 15 is 0 Å². The predicted octanol–water partition coefficient (Wildman–Crippen LogP) is 2.04. The predicted molar refractivity (Wildman–Crippen MR) is 83.8 cm³/mol. The van der Waals surface area contributed by atoms with Gasteiger partial charge in [0.05, 0.1) is 6.61 Å². The van der Waals surface area contributed by atoms with Crippen LogP contribution in [0.2, 0.25) is 0 Å². The molecule has 20 heavy (non-hydrogen) atoms. The van der Waals surface area contributed by atoms with Crippen molar-refractivity contribution in [3.63, 3.8) is 0 Å². The summed E-state index contributed by atoms with van der Waals surface area (Å²) in [4.78, 5) is 2.36. The zero-order valence-corrected chi connectivity index (χ0v) is 12.6. The second-order valence-electron chi connectivity index (χ2n) is 5.81. The summed E-state index contributed by atoms with van der Waals surface area (Å²) in [6.07, 6.45) is 3.61. The summed E-state index contributed by atoms with van der Waals surface area (Å²) >= 11 is 0. The molecule has 112 valence electrons. The zero-order valence-electron chi connectivity index (χ0n) is 12.6. The maximum atomic E-state index is 8.94. The average Bonchev–Trinajstić information content (AvgIpc) is 2.50. The van der Waals surface area contributed by atoms with Crippen LogP contribution in [-0.4, -0.2) is 42.8 Å². The largest absolute Gasteiger partial charge is 0.395 e. The van der Waals surface area contributed by atoms with Crippen LogP contribution in [0.15, 0.2) is 24.3 Å². The van der Waals surface area contributed by atoms with Crippen molar-refractivity contribution in [1.82, 2.24) is 10.2 Å². The van der Waals surface area contributed by atoms with E-state index in [1.165, 1.54) is 24.0 Å². The third-order valence-electron chi connectivity index (χ3n) is 4.32. The Morgan fingerprint density at radius 3 is 2.40 bits per heavy atom. The number of piperidine rings is 1. The SMILES string of the molecule is CCc1ccc(CNCC2CCN(CCO)CC2)cc1. The monoisotopic (exact) mass is 276 g/mol. The molecule has 0 radical (unpaired) electrons. The molecule has 0 unspecified atom stereocenters. The number of β-amino-alcohol motifs (C(OH)–C–C–N with tert-alkyl or cyclic N) is 1. The fourth-order valence-corrected chi connectivity index (χ4v) is 2.87. The van der Waals surface area contributed by atoms with Crippen LogP contribution in [0.25, 0.3) is 0 Å². The molecule has 1 fully saturated rings. The number of hydrogen-bond acceptors (Lipinski definition) is 3. The first kappa shape index (κ1) is 15.5. The smallest absolute Gasteiger partial charge is 0.0558 e. The molecule has 0 bridgehead atoms.